The van der Waals surface area contributed by atoms with Gasteiger partial charge in [0, 0.05) is 11.8 Å². The summed E-state index contributed by atoms with van der Waals surface area (Å²) in [7, 11) is -2.46. The number of amides is 1. The molecule has 3 aromatic rings. The molecule has 10 heteroatoms. The van der Waals surface area contributed by atoms with Crippen LogP contribution < -0.4 is 15.6 Å². The van der Waals surface area contributed by atoms with Crippen molar-refractivity contribution in [1.82, 2.24) is 9.97 Å². The zero-order valence-corrected chi connectivity index (χ0v) is 17.8. The van der Waals surface area contributed by atoms with Gasteiger partial charge in [-0.3, -0.25) is 9.59 Å². The number of anilines is 1. The molecule has 2 aromatic carbocycles. The smallest absolute Gasteiger partial charge is 0.270 e. The Hall–Kier alpha value is -3.11. The summed E-state index contributed by atoms with van der Waals surface area (Å²) in [4.78, 5) is 30.4. The van der Waals surface area contributed by atoms with Gasteiger partial charge in [-0.15, -0.1) is 0 Å². The van der Waals surface area contributed by atoms with E-state index in [4.69, 9.17) is 4.74 Å². The Bertz CT molecular complexity index is 1220. The van der Waals surface area contributed by atoms with Crippen molar-refractivity contribution in [3.63, 3.8) is 0 Å². The molecule has 1 aromatic heterocycles. The van der Waals surface area contributed by atoms with Gasteiger partial charge in [0.25, 0.3) is 5.56 Å². The Morgan fingerprint density at radius 1 is 1.20 bits per heavy atom. The second kappa shape index (κ2) is 9.14. The monoisotopic (exact) mass is 445 g/mol. The van der Waals surface area contributed by atoms with Crippen LogP contribution in [0.25, 0.3) is 0 Å². The minimum atomic E-state index is -3.99. The van der Waals surface area contributed by atoms with E-state index < -0.39 is 20.3 Å². The van der Waals surface area contributed by atoms with Crippen molar-refractivity contribution < 1.29 is 17.9 Å². The van der Waals surface area contributed by atoms with Crippen molar-refractivity contribution in [2.24, 2.45) is 0 Å². The van der Waals surface area contributed by atoms with Gasteiger partial charge in [0.15, 0.2) is 10.1 Å². The Morgan fingerprint density at radius 2 is 1.93 bits per heavy atom. The molecular weight excluding hydrogens is 426 g/mol. The van der Waals surface area contributed by atoms with Crippen LogP contribution in [-0.4, -0.2) is 37.2 Å². The van der Waals surface area contributed by atoms with E-state index in [1.807, 2.05) is 6.92 Å². The van der Waals surface area contributed by atoms with E-state index in [0.717, 1.165) is 23.5 Å². The number of nitrogens with one attached hydrogen (secondary N) is 2. The Balaban J connectivity index is 1.68. The average Bonchev–Trinajstić information content (AvgIpc) is 2.72. The second-order valence-corrected chi connectivity index (χ2v) is 9.15. The molecule has 0 bridgehead atoms. The molecule has 156 valence electrons. The quantitative estimate of drug-likeness (QED) is 0.424. The number of aryl methyl sites for hydroxylation is 1. The molecule has 1 amide bonds. The Labute approximate surface area is 177 Å². The van der Waals surface area contributed by atoms with Gasteiger partial charge in [-0.05, 0) is 31.2 Å². The molecule has 0 radical (unpaired) electrons. The SMILES string of the molecule is COc1cccc(NC(=O)CSc2ncc(S(=O)(=O)c3ccc(C)cc3)c(=O)[nH]2)c1. The molecule has 0 unspecified atom stereocenters. The van der Waals surface area contributed by atoms with Crippen LogP contribution in [0.5, 0.6) is 5.75 Å². The molecule has 0 aliphatic heterocycles. The van der Waals surface area contributed by atoms with Gasteiger partial charge in [0.05, 0.1) is 24.0 Å². The molecule has 2 N–H and O–H groups in total. The van der Waals surface area contributed by atoms with Gasteiger partial charge in [-0.1, -0.05) is 35.5 Å². The lowest BCUT2D eigenvalue weighted by molar-refractivity contribution is -0.113. The maximum atomic E-state index is 12.7. The average molecular weight is 446 g/mol. The maximum Gasteiger partial charge on any atom is 0.270 e. The molecule has 1 heterocycles. The number of hydrogen-bond donors (Lipinski definition) is 2. The van der Waals surface area contributed by atoms with Gasteiger partial charge in [-0.25, -0.2) is 13.4 Å². The third-order valence-electron chi connectivity index (χ3n) is 4.06. The van der Waals surface area contributed by atoms with Gasteiger partial charge in [0.2, 0.25) is 15.7 Å². The van der Waals surface area contributed by atoms with Gasteiger partial charge < -0.3 is 15.0 Å². The molecule has 0 aliphatic carbocycles. The van der Waals surface area contributed by atoms with E-state index in [-0.39, 0.29) is 21.7 Å². The first-order valence-electron chi connectivity index (χ1n) is 8.77. The highest BCUT2D eigenvalue weighted by atomic mass is 32.2. The summed E-state index contributed by atoms with van der Waals surface area (Å²) in [6.07, 6.45) is 1.01. The normalized spacial score (nSPS) is 11.1. The number of methoxy groups -OCH3 is 1. The third kappa shape index (κ3) is 5.08. The van der Waals surface area contributed by atoms with E-state index in [2.05, 4.69) is 15.3 Å². The van der Waals surface area contributed by atoms with E-state index in [0.29, 0.717) is 11.4 Å². The number of H-pyrrole nitrogens is 1. The minimum absolute atomic E-state index is 0.0125. The highest BCUT2D eigenvalue weighted by molar-refractivity contribution is 7.99. The topological polar surface area (TPSA) is 118 Å². The van der Waals surface area contributed by atoms with Crippen molar-refractivity contribution in [2.75, 3.05) is 18.2 Å². The lowest BCUT2D eigenvalue weighted by Gasteiger charge is -2.07. The first-order chi connectivity index (χ1) is 14.3. The number of rotatable bonds is 7. The highest BCUT2D eigenvalue weighted by Gasteiger charge is 2.22. The fourth-order valence-electron chi connectivity index (χ4n) is 2.51. The summed E-state index contributed by atoms with van der Waals surface area (Å²) >= 11 is 0.984. The van der Waals surface area contributed by atoms with Crippen LogP contribution in [0.3, 0.4) is 0 Å². The van der Waals surface area contributed by atoms with Crippen molar-refractivity contribution in [3.05, 3.63) is 70.6 Å². The van der Waals surface area contributed by atoms with E-state index in [9.17, 15) is 18.0 Å². The van der Waals surface area contributed by atoms with E-state index >= 15 is 0 Å². The summed E-state index contributed by atoms with van der Waals surface area (Å²) in [5.74, 6) is 0.272. The number of aromatic amines is 1. The molecule has 0 spiro atoms. The Kier molecular flexibility index (Phi) is 6.58. The van der Waals surface area contributed by atoms with Gasteiger partial charge in [-0.2, -0.15) is 0 Å². The number of nitrogens with zero attached hydrogens (tertiary/aromatic N) is 1. The van der Waals surface area contributed by atoms with Gasteiger partial charge in [0.1, 0.15) is 5.75 Å². The summed E-state index contributed by atoms with van der Waals surface area (Å²) < 4.78 is 30.4. The standard InChI is InChI=1S/C20H19N3O5S2/c1-13-6-8-16(9-7-13)30(26,27)17-11-21-20(23-19(17)25)29-12-18(24)22-14-4-3-5-15(10-14)28-2/h3-11H,12H2,1-2H3,(H,22,24)(H,21,23,25). The zero-order chi connectivity index (χ0) is 21.7. The summed E-state index contributed by atoms with van der Waals surface area (Å²) in [6.45, 7) is 1.83. The molecule has 0 saturated heterocycles. The number of benzene rings is 2. The van der Waals surface area contributed by atoms with Crippen LogP contribution in [0.4, 0.5) is 5.69 Å². The van der Waals surface area contributed by atoms with Crippen LogP contribution in [0.15, 0.2) is 74.5 Å². The summed E-state index contributed by atoms with van der Waals surface area (Å²) in [5.41, 5.74) is 0.683. The second-order valence-electron chi connectivity index (χ2n) is 6.27. The lowest BCUT2D eigenvalue weighted by Crippen LogP contribution is -2.20. The Morgan fingerprint density at radius 3 is 2.60 bits per heavy atom. The molecule has 0 aliphatic rings. The van der Waals surface area contributed by atoms with Crippen LogP contribution in [0.2, 0.25) is 0 Å². The number of hydrogen-bond acceptors (Lipinski definition) is 7. The van der Waals surface area contributed by atoms with Crippen molar-refractivity contribution >= 4 is 33.2 Å². The summed E-state index contributed by atoms with van der Waals surface area (Å²) in [5, 5.41) is 2.85. The number of carbonyl (C=O) groups is 1. The molecule has 8 nitrogen and oxygen atoms in total. The molecule has 0 saturated carbocycles. The number of ether oxygens (including phenoxy) is 1. The zero-order valence-electron chi connectivity index (χ0n) is 16.2. The largest absolute Gasteiger partial charge is 0.497 e. The van der Waals surface area contributed by atoms with Crippen LogP contribution in [-0.2, 0) is 14.6 Å². The van der Waals surface area contributed by atoms with Gasteiger partial charge >= 0.3 is 0 Å². The first-order valence-corrected chi connectivity index (χ1v) is 11.2. The predicted octanol–water partition coefficient (Wildman–Crippen LogP) is 2.65. The van der Waals surface area contributed by atoms with Crippen molar-refractivity contribution in [3.8, 4) is 5.75 Å². The van der Waals surface area contributed by atoms with E-state index in [1.54, 1.807) is 36.4 Å². The predicted molar refractivity (Wildman–Crippen MR) is 114 cm³/mol. The molecule has 0 atom stereocenters. The molecule has 3 rings (SSSR count). The fourth-order valence-corrected chi connectivity index (χ4v) is 4.37. The summed E-state index contributed by atoms with van der Waals surface area (Å²) in [6, 6.07) is 13.1. The third-order valence-corrected chi connectivity index (χ3v) is 6.71. The number of thioether (sulfide) groups is 1. The van der Waals surface area contributed by atoms with Crippen LogP contribution in [0.1, 0.15) is 5.56 Å². The maximum absolute atomic E-state index is 12.7. The molecule has 0 fully saturated rings. The minimum Gasteiger partial charge on any atom is -0.497 e. The lowest BCUT2D eigenvalue weighted by atomic mass is 10.2. The highest BCUT2D eigenvalue weighted by Crippen LogP contribution is 2.20. The van der Waals surface area contributed by atoms with Crippen molar-refractivity contribution in [2.45, 2.75) is 21.9 Å². The number of carbonyl (C=O) groups excluding carboxylic acids is 1. The van der Waals surface area contributed by atoms with E-state index in [1.165, 1.54) is 19.2 Å². The fraction of sp³-hybridized carbons (Fsp3) is 0.150. The number of aromatic nitrogens is 2. The number of sulfone groups is 1. The van der Waals surface area contributed by atoms with Crippen LogP contribution >= 0.6 is 11.8 Å². The molecular formula is C20H19N3O5S2. The van der Waals surface area contributed by atoms with Crippen molar-refractivity contribution in [1.29, 1.82) is 0 Å². The first kappa shape index (κ1) is 21.6. The van der Waals surface area contributed by atoms with Crippen LogP contribution in [0, 0.1) is 6.92 Å². The molecule has 30 heavy (non-hydrogen) atoms.